The summed E-state index contributed by atoms with van der Waals surface area (Å²) in [7, 11) is 0. The summed E-state index contributed by atoms with van der Waals surface area (Å²) < 4.78 is 0. The van der Waals surface area contributed by atoms with Gasteiger partial charge in [0.05, 0.1) is 12.4 Å². The number of aromatic amines is 1. The standard InChI is InChI=1S/C20H34N6O5/c1-10(2)6-14(21)18(28)25-15(7-13-8-22-9-23-13)19(29)24-12(5)17(27)26-16(11(3)4)20(30)31/h8-12,14-16H,6-7,21H2,1-5H3,(H,22,23)(H,24,29)(H,25,28)(H,26,27)(H,30,31). The Morgan fingerprint density at radius 3 is 2.16 bits per heavy atom. The number of rotatable bonds is 12. The molecule has 0 bridgehead atoms. The predicted octanol–water partition coefficient (Wildman–Crippen LogP) is -0.459. The summed E-state index contributed by atoms with van der Waals surface area (Å²) >= 11 is 0. The van der Waals surface area contributed by atoms with E-state index in [2.05, 4.69) is 25.9 Å². The number of nitrogens with two attached hydrogens (primary N) is 1. The van der Waals surface area contributed by atoms with Gasteiger partial charge in [-0.3, -0.25) is 14.4 Å². The van der Waals surface area contributed by atoms with Gasteiger partial charge in [-0.05, 0) is 25.2 Å². The molecule has 4 atom stereocenters. The summed E-state index contributed by atoms with van der Waals surface area (Å²) in [4.78, 5) is 55.7. The van der Waals surface area contributed by atoms with Gasteiger partial charge in [-0.25, -0.2) is 9.78 Å². The second kappa shape index (κ2) is 12.0. The smallest absolute Gasteiger partial charge is 0.326 e. The zero-order chi connectivity index (χ0) is 23.7. The van der Waals surface area contributed by atoms with Crippen molar-refractivity contribution in [3.63, 3.8) is 0 Å². The first-order valence-electron chi connectivity index (χ1n) is 10.3. The number of carbonyl (C=O) groups is 4. The highest BCUT2D eigenvalue weighted by molar-refractivity contribution is 5.94. The fraction of sp³-hybridized carbons (Fsp3) is 0.650. The molecule has 174 valence electrons. The van der Waals surface area contributed by atoms with E-state index < -0.39 is 47.9 Å². The van der Waals surface area contributed by atoms with Gasteiger partial charge in [0, 0.05) is 18.3 Å². The van der Waals surface area contributed by atoms with Crippen LogP contribution in [0.5, 0.6) is 0 Å². The maximum absolute atomic E-state index is 12.8. The van der Waals surface area contributed by atoms with Crippen molar-refractivity contribution in [3.05, 3.63) is 18.2 Å². The number of aromatic nitrogens is 2. The van der Waals surface area contributed by atoms with Crippen LogP contribution in [-0.2, 0) is 25.6 Å². The lowest BCUT2D eigenvalue weighted by atomic mass is 10.0. The number of hydrogen-bond donors (Lipinski definition) is 6. The van der Waals surface area contributed by atoms with Crippen LogP contribution in [-0.4, -0.2) is 62.9 Å². The minimum Gasteiger partial charge on any atom is -0.480 e. The molecule has 1 aromatic rings. The average molecular weight is 439 g/mol. The zero-order valence-corrected chi connectivity index (χ0v) is 18.6. The number of carbonyl (C=O) groups excluding carboxylic acids is 3. The molecule has 0 aliphatic heterocycles. The van der Waals surface area contributed by atoms with E-state index in [4.69, 9.17) is 5.73 Å². The lowest BCUT2D eigenvalue weighted by molar-refractivity contribution is -0.143. The highest BCUT2D eigenvalue weighted by Crippen LogP contribution is 2.06. The monoisotopic (exact) mass is 438 g/mol. The lowest BCUT2D eigenvalue weighted by Crippen LogP contribution is -2.57. The Labute approximate surface area is 181 Å². The molecule has 1 heterocycles. The second-order valence-electron chi connectivity index (χ2n) is 8.38. The summed E-state index contributed by atoms with van der Waals surface area (Å²) in [5.74, 6) is -3.01. The van der Waals surface area contributed by atoms with E-state index in [1.165, 1.54) is 19.4 Å². The first kappa shape index (κ1) is 26.1. The van der Waals surface area contributed by atoms with Gasteiger partial charge < -0.3 is 31.8 Å². The summed E-state index contributed by atoms with van der Waals surface area (Å²) in [6.07, 6.45) is 3.54. The van der Waals surface area contributed by atoms with Gasteiger partial charge in [-0.1, -0.05) is 27.7 Å². The molecule has 11 heteroatoms. The first-order chi connectivity index (χ1) is 14.4. The quantitative estimate of drug-likeness (QED) is 0.255. The molecule has 31 heavy (non-hydrogen) atoms. The van der Waals surface area contributed by atoms with Gasteiger partial charge in [0.2, 0.25) is 17.7 Å². The van der Waals surface area contributed by atoms with Crippen molar-refractivity contribution in [1.82, 2.24) is 25.9 Å². The minimum absolute atomic E-state index is 0.115. The summed E-state index contributed by atoms with van der Waals surface area (Å²) in [6, 6.07) is -3.87. The van der Waals surface area contributed by atoms with Crippen LogP contribution in [0.15, 0.2) is 12.5 Å². The summed E-state index contributed by atoms with van der Waals surface area (Å²) in [5.41, 5.74) is 6.53. The number of nitrogens with zero attached hydrogens (tertiary/aromatic N) is 1. The highest BCUT2D eigenvalue weighted by atomic mass is 16.4. The number of hydrogen-bond acceptors (Lipinski definition) is 6. The molecular weight excluding hydrogens is 404 g/mol. The normalized spacial score (nSPS) is 15.1. The zero-order valence-electron chi connectivity index (χ0n) is 18.6. The highest BCUT2D eigenvalue weighted by Gasteiger charge is 2.29. The van der Waals surface area contributed by atoms with Gasteiger partial charge in [-0.15, -0.1) is 0 Å². The topological polar surface area (TPSA) is 179 Å². The van der Waals surface area contributed by atoms with Crippen LogP contribution >= 0.6 is 0 Å². The van der Waals surface area contributed by atoms with Crippen LogP contribution in [0.1, 0.15) is 46.7 Å². The predicted molar refractivity (Wildman–Crippen MR) is 114 cm³/mol. The second-order valence-corrected chi connectivity index (χ2v) is 8.38. The van der Waals surface area contributed by atoms with Crippen LogP contribution in [0.3, 0.4) is 0 Å². The van der Waals surface area contributed by atoms with Crippen LogP contribution in [0, 0.1) is 11.8 Å². The molecule has 7 N–H and O–H groups in total. The molecular formula is C20H34N6O5. The molecule has 1 aromatic heterocycles. The number of carboxylic acids is 1. The third-order valence-electron chi connectivity index (χ3n) is 4.66. The third-order valence-corrected chi connectivity index (χ3v) is 4.66. The SMILES string of the molecule is CC(C)CC(N)C(=O)NC(Cc1cnc[nH]1)C(=O)NC(C)C(=O)NC(C(=O)O)C(C)C. The Hall–Kier alpha value is -2.95. The van der Waals surface area contributed by atoms with E-state index in [0.717, 1.165) is 0 Å². The molecule has 0 saturated heterocycles. The Morgan fingerprint density at radius 1 is 1.03 bits per heavy atom. The van der Waals surface area contributed by atoms with Crippen LogP contribution in [0.4, 0.5) is 0 Å². The number of amides is 3. The molecule has 11 nitrogen and oxygen atoms in total. The van der Waals surface area contributed by atoms with Crippen molar-refractivity contribution in [2.75, 3.05) is 0 Å². The third kappa shape index (κ3) is 8.75. The fourth-order valence-electron chi connectivity index (χ4n) is 2.89. The van der Waals surface area contributed by atoms with Crippen LogP contribution in [0.2, 0.25) is 0 Å². The van der Waals surface area contributed by atoms with Gasteiger partial charge >= 0.3 is 5.97 Å². The molecule has 1 rings (SSSR count). The molecule has 3 amide bonds. The van der Waals surface area contributed by atoms with Gasteiger partial charge in [0.1, 0.15) is 18.1 Å². The van der Waals surface area contributed by atoms with E-state index in [-0.39, 0.29) is 18.3 Å². The number of imidazole rings is 1. The Balaban J connectivity index is 2.85. The molecule has 0 aliphatic rings. The van der Waals surface area contributed by atoms with Gasteiger partial charge in [0.15, 0.2) is 0 Å². The first-order valence-corrected chi connectivity index (χ1v) is 10.3. The van der Waals surface area contributed by atoms with Crippen molar-refractivity contribution in [1.29, 1.82) is 0 Å². The maximum Gasteiger partial charge on any atom is 0.326 e. The van der Waals surface area contributed by atoms with E-state index in [9.17, 15) is 24.3 Å². The average Bonchev–Trinajstić information content (AvgIpc) is 3.17. The largest absolute Gasteiger partial charge is 0.480 e. The maximum atomic E-state index is 12.8. The minimum atomic E-state index is -1.16. The molecule has 0 aromatic carbocycles. The summed E-state index contributed by atoms with van der Waals surface area (Å²) in [6.45, 7) is 8.64. The number of H-pyrrole nitrogens is 1. The van der Waals surface area contributed by atoms with Crippen LogP contribution in [0.25, 0.3) is 0 Å². The van der Waals surface area contributed by atoms with Gasteiger partial charge in [0.25, 0.3) is 0 Å². The number of aliphatic carboxylic acids is 1. The van der Waals surface area contributed by atoms with E-state index in [1.807, 2.05) is 13.8 Å². The molecule has 0 saturated carbocycles. The lowest BCUT2D eigenvalue weighted by Gasteiger charge is -2.24. The van der Waals surface area contributed by atoms with Crippen molar-refractivity contribution in [2.45, 2.75) is 71.6 Å². The number of nitrogens with one attached hydrogen (secondary N) is 4. The molecule has 0 fully saturated rings. The molecule has 0 aliphatic carbocycles. The number of carboxylic acid groups (broad SMARTS) is 1. The Morgan fingerprint density at radius 2 is 1.68 bits per heavy atom. The Kier molecular flexibility index (Phi) is 10.1. The van der Waals surface area contributed by atoms with Crippen molar-refractivity contribution in [2.24, 2.45) is 17.6 Å². The molecule has 0 spiro atoms. The van der Waals surface area contributed by atoms with Crippen molar-refractivity contribution >= 4 is 23.7 Å². The van der Waals surface area contributed by atoms with Crippen LogP contribution < -0.4 is 21.7 Å². The van der Waals surface area contributed by atoms with E-state index in [1.54, 1.807) is 13.8 Å². The molecule has 0 radical (unpaired) electrons. The van der Waals surface area contributed by atoms with Crippen molar-refractivity contribution < 1.29 is 24.3 Å². The Bertz CT molecular complexity index is 749. The van der Waals surface area contributed by atoms with Gasteiger partial charge in [-0.2, -0.15) is 0 Å². The van der Waals surface area contributed by atoms with Crippen molar-refractivity contribution in [3.8, 4) is 0 Å². The van der Waals surface area contributed by atoms with E-state index >= 15 is 0 Å². The molecule has 4 unspecified atom stereocenters. The van der Waals surface area contributed by atoms with E-state index in [0.29, 0.717) is 12.1 Å². The fourth-order valence-corrected chi connectivity index (χ4v) is 2.89. The summed E-state index contributed by atoms with van der Waals surface area (Å²) in [5, 5.41) is 16.8.